The first-order valence-corrected chi connectivity index (χ1v) is 11.8. The van der Waals surface area contributed by atoms with E-state index in [1.807, 2.05) is 0 Å². The van der Waals surface area contributed by atoms with Crippen molar-refractivity contribution in [2.24, 2.45) is 11.8 Å². The van der Waals surface area contributed by atoms with Crippen molar-refractivity contribution in [2.45, 2.75) is 96.1 Å². The predicted octanol–water partition coefficient (Wildman–Crippen LogP) is 4.30. The molecule has 0 aromatic carbocycles. The Kier molecular flexibility index (Phi) is 4.97. The molecule has 0 aromatic heterocycles. The van der Waals surface area contributed by atoms with E-state index >= 15 is 0 Å². The zero-order valence-electron chi connectivity index (χ0n) is 15.2. The van der Waals surface area contributed by atoms with Crippen LogP contribution in [-0.4, -0.2) is 30.9 Å². The predicted molar refractivity (Wildman–Crippen MR) is 92.4 cm³/mol. The number of aliphatic hydroxyl groups is 1. The van der Waals surface area contributed by atoms with Gasteiger partial charge < -0.3 is 9.53 Å². The van der Waals surface area contributed by atoms with Gasteiger partial charge in [0.25, 0.3) is 0 Å². The fourth-order valence-electron chi connectivity index (χ4n) is 3.83. The summed E-state index contributed by atoms with van der Waals surface area (Å²) in [6.45, 7) is 13.2. The highest BCUT2D eigenvalue weighted by molar-refractivity contribution is 6.74. The number of hydrogen-bond donors (Lipinski definition) is 1. The van der Waals surface area contributed by atoms with Crippen molar-refractivity contribution in [1.82, 2.24) is 0 Å². The Balaban J connectivity index is 2.26. The molecule has 0 heterocycles. The normalized spacial score (nSPS) is 37.6. The largest absolute Gasteiger partial charge is 0.407 e. The first kappa shape index (κ1) is 18.1. The molecule has 0 radical (unpaired) electrons. The van der Waals surface area contributed by atoms with E-state index in [9.17, 15) is 9.90 Å². The summed E-state index contributed by atoms with van der Waals surface area (Å²) in [4.78, 5) is 13.1. The monoisotopic (exact) mass is 326 g/mol. The molecule has 0 spiro atoms. The van der Waals surface area contributed by atoms with Gasteiger partial charge in [-0.3, -0.25) is 4.79 Å². The van der Waals surface area contributed by atoms with Gasteiger partial charge in [-0.1, -0.05) is 40.5 Å². The van der Waals surface area contributed by atoms with Crippen LogP contribution >= 0.6 is 0 Å². The molecule has 1 N–H and O–H groups in total. The van der Waals surface area contributed by atoms with Crippen LogP contribution < -0.4 is 0 Å². The van der Waals surface area contributed by atoms with Gasteiger partial charge in [0.1, 0.15) is 11.7 Å². The molecule has 0 aromatic rings. The second kappa shape index (κ2) is 6.03. The fraction of sp³-hybridized carbons (Fsp3) is 0.944. The lowest BCUT2D eigenvalue weighted by Gasteiger charge is -2.42. The maximum atomic E-state index is 13.1. The Morgan fingerprint density at radius 1 is 1.23 bits per heavy atom. The summed E-state index contributed by atoms with van der Waals surface area (Å²) in [5, 5.41) is 11.2. The van der Waals surface area contributed by atoms with Crippen molar-refractivity contribution < 1.29 is 14.3 Å². The van der Waals surface area contributed by atoms with E-state index in [2.05, 4.69) is 40.8 Å². The number of hydrogen-bond acceptors (Lipinski definition) is 3. The molecule has 2 fully saturated rings. The third-order valence-electron chi connectivity index (χ3n) is 6.30. The van der Waals surface area contributed by atoms with Gasteiger partial charge in [0, 0.05) is 0 Å². The number of ketones is 1. The third kappa shape index (κ3) is 3.34. The highest BCUT2D eigenvalue weighted by atomic mass is 28.4. The van der Waals surface area contributed by atoms with Crippen LogP contribution in [0.25, 0.3) is 0 Å². The second-order valence-electron chi connectivity index (χ2n) is 9.17. The molecule has 3 nitrogen and oxygen atoms in total. The zero-order chi connectivity index (χ0) is 16.8. The molecular formula is C18H34O3Si. The summed E-state index contributed by atoms with van der Waals surface area (Å²) in [5.41, 5.74) is -1.13. The minimum Gasteiger partial charge on any atom is -0.407 e. The Morgan fingerprint density at radius 2 is 1.86 bits per heavy atom. The quantitative estimate of drug-likeness (QED) is 0.770. The Bertz CT molecular complexity index is 427. The molecule has 2 rings (SSSR count). The van der Waals surface area contributed by atoms with Gasteiger partial charge in [0.15, 0.2) is 14.1 Å². The second-order valence-corrected chi connectivity index (χ2v) is 13.9. The maximum Gasteiger partial charge on any atom is 0.193 e. The smallest absolute Gasteiger partial charge is 0.193 e. The molecule has 0 amide bonds. The third-order valence-corrected chi connectivity index (χ3v) is 10.8. The van der Waals surface area contributed by atoms with Gasteiger partial charge in [0.05, 0.1) is 0 Å². The molecule has 0 saturated heterocycles. The molecule has 2 aliphatic rings. The molecule has 2 aliphatic carbocycles. The van der Waals surface area contributed by atoms with E-state index in [0.29, 0.717) is 12.3 Å². The van der Waals surface area contributed by atoms with Crippen molar-refractivity contribution in [3.8, 4) is 0 Å². The van der Waals surface area contributed by atoms with Crippen LogP contribution in [0.2, 0.25) is 18.1 Å². The summed E-state index contributed by atoms with van der Waals surface area (Å²) >= 11 is 0. The van der Waals surface area contributed by atoms with Crippen LogP contribution in [0.5, 0.6) is 0 Å². The molecule has 0 bridgehead atoms. The molecular weight excluding hydrogens is 292 g/mol. The van der Waals surface area contributed by atoms with Gasteiger partial charge in [0.2, 0.25) is 0 Å². The van der Waals surface area contributed by atoms with E-state index in [1.165, 1.54) is 0 Å². The van der Waals surface area contributed by atoms with Gasteiger partial charge in [-0.05, 0) is 55.7 Å². The van der Waals surface area contributed by atoms with Crippen LogP contribution in [0.15, 0.2) is 0 Å². The topological polar surface area (TPSA) is 46.5 Å². The van der Waals surface area contributed by atoms with Crippen LogP contribution in [0.3, 0.4) is 0 Å². The number of carbonyl (C=O) groups is 1. The van der Waals surface area contributed by atoms with Crippen molar-refractivity contribution in [3.63, 3.8) is 0 Å². The van der Waals surface area contributed by atoms with Crippen molar-refractivity contribution in [2.75, 3.05) is 0 Å². The number of rotatable bonds is 2. The van der Waals surface area contributed by atoms with E-state index < -0.39 is 20.0 Å². The van der Waals surface area contributed by atoms with Crippen LogP contribution in [-0.2, 0) is 9.22 Å². The highest BCUT2D eigenvalue weighted by Crippen LogP contribution is 2.45. The standard InChI is InChI=1S/C18H34O3Si/c1-13-11-14-9-7-8-10-18(14,20)16(19)15(12-13)21-22(5,6)17(2,3)4/h13-15,20H,7-12H2,1-6H3/t13-,14-,15-,18+/m1/s1. The number of Topliss-reactive ketones (excluding diaryl/α,β-unsaturated/α-hetero) is 1. The lowest BCUT2D eigenvalue weighted by Crippen LogP contribution is -2.54. The molecule has 0 unspecified atom stereocenters. The number of fused-ring (bicyclic) bond motifs is 1. The summed E-state index contributed by atoms with van der Waals surface area (Å²) < 4.78 is 6.45. The van der Waals surface area contributed by atoms with Crippen molar-refractivity contribution in [1.29, 1.82) is 0 Å². The van der Waals surface area contributed by atoms with E-state index in [0.717, 1.165) is 32.1 Å². The minimum absolute atomic E-state index is 0.0219. The van der Waals surface area contributed by atoms with Crippen LogP contribution in [0.1, 0.15) is 66.2 Å². The Morgan fingerprint density at radius 3 is 2.45 bits per heavy atom. The first-order valence-electron chi connectivity index (χ1n) is 8.92. The first-order chi connectivity index (χ1) is 9.97. The molecule has 4 atom stereocenters. The Hall–Kier alpha value is -0.193. The molecule has 2 saturated carbocycles. The fourth-order valence-corrected chi connectivity index (χ4v) is 5.10. The summed E-state index contributed by atoms with van der Waals surface area (Å²) in [6.07, 6.45) is 5.02. The van der Waals surface area contributed by atoms with Crippen LogP contribution in [0.4, 0.5) is 0 Å². The molecule has 4 heteroatoms. The van der Waals surface area contributed by atoms with Gasteiger partial charge in [-0.2, -0.15) is 0 Å². The average Bonchev–Trinajstić information content (AvgIpc) is 2.46. The highest BCUT2D eigenvalue weighted by Gasteiger charge is 2.52. The molecule has 22 heavy (non-hydrogen) atoms. The molecule has 128 valence electrons. The van der Waals surface area contributed by atoms with E-state index in [-0.39, 0.29) is 16.7 Å². The minimum atomic E-state index is -2.01. The summed E-state index contributed by atoms with van der Waals surface area (Å²) in [6, 6.07) is 0. The SMILES string of the molecule is C[C@@H]1C[C@H]2CCCC[C@@]2(O)C(=O)[C@H](O[Si](C)(C)C(C)(C)C)C1. The summed E-state index contributed by atoms with van der Waals surface area (Å²) in [5.74, 6) is 0.555. The van der Waals surface area contributed by atoms with E-state index in [4.69, 9.17) is 4.43 Å². The lowest BCUT2D eigenvalue weighted by atomic mass is 9.71. The van der Waals surface area contributed by atoms with Gasteiger partial charge >= 0.3 is 0 Å². The van der Waals surface area contributed by atoms with Gasteiger partial charge in [-0.25, -0.2) is 0 Å². The Labute approximate surface area is 137 Å². The lowest BCUT2D eigenvalue weighted by molar-refractivity contribution is -0.153. The summed E-state index contributed by atoms with van der Waals surface area (Å²) in [7, 11) is -2.01. The van der Waals surface area contributed by atoms with E-state index in [1.54, 1.807) is 0 Å². The maximum absolute atomic E-state index is 13.1. The average molecular weight is 327 g/mol. The van der Waals surface area contributed by atoms with Crippen LogP contribution in [0, 0.1) is 11.8 Å². The number of carbonyl (C=O) groups excluding carboxylic acids is 1. The van der Waals surface area contributed by atoms with Crippen molar-refractivity contribution >= 4 is 14.1 Å². The van der Waals surface area contributed by atoms with Crippen molar-refractivity contribution in [3.05, 3.63) is 0 Å². The van der Waals surface area contributed by atoms with Gasteiger partial charge in [-0.15, -0.1) is 0 Å². The molecule has 0 aliphatic heterocycles. The zero-order valence-corrected chi connectivity index (χ0v) is 16.2.